The number of hydrogen-bond donors (Lipinski definition) is 3. The van der Waals surface area contributed by atoms with Gasteiger partial charge in [-0.2, -0.15) is 4.98 Å². The van der Waals surface area contributed by atoms with Crippen LogP contribution in [-0.2, 0) is 0 Å². The molecule has 2 rings (SSSR count). The van der Waals surface area contributed by atoms with Crippen LogP contribution < -0.4 is 15.8 Å². The van der Waals surface area contributed by atoms with Gasteiger partial charge in [0.05, 0.1) is 17.8 Å². The highest BCUT2D eigenvalue weighted by molar-refractivity contribution is 6.32. The predicted octanol–water partition coefficient (Wildman–Crippen LogP) is 2.05. The summed E-state index contributed by atoms with van der Waals surface area (Å²) in [6.45, 7) is 0.185. The van der Waals surface area contributed by atoms with Crippen LogP contribution in [0.3, 0.4) is 0 Å². The molecule has 0 aliphatic heterocycles. The van der Waals surface area contributed by atoms with Crippen molar-refractivity contribution in [2.45, 2.75) is 0 Å². The number of nitrogens with one attached hydrogen (secondary N) is 1. The van der Waals surface area contributed by atoms with E-state index >= 15 is 0 Å². The zero-order chi connectivity index (χ0) is 14.5. The summed E-state index contributed by atoms with van der Waals surface area (Å²) in [6.07, 6.45) is 1.36. The molecule has 0 radical (unpaired) electrons. The topological polar surface area (TPSA) is 93.3 Å². The maximum Gasteiger partial charge on any atom is 0.222 e. The van der Waals surface area contributed by atoms with Crippen molar-refractivity contribution in [1.29, 1.82) is 0 Å². The maximum absolute atomic E-state index is 13.0. The van der Waals surface area contributed by atoms with Gasteiger partial charge in [-0.3, -0.25) is 0 Å². The summed E-state index contributed by atoms with van der Waals surface area (Å²) in [5.74, 6) is 0.430. The Bertz CT molecular complexity index is 612. The lowest BCUT2D eigenvalue weighted by Gasteiger charge is -2.12. The lowest BCUT2D eigenvalue weighted by Crippen LogP contribution is -2.09. The second-order valence-corrected chi connectivity index (χ2v) is 4.18. The third kappa shape index (κ3) is 3.46. The molecule has 4 N–H and O–H groups in total. The summed E-state index contributed by atoms with van der Waals surface area (Å²) in [7, 11) is 0. The monoisotopic (exact) mass is 298 g/mol. The molecule has 8 heteroatoms. The zero-order valence-electron chi connectivity index (χ0n) is 10.3. The third-order valence-corrected chi connectivity index (χ3v) is 2.59. The molecular formula is C12H12ClFN4O2. The lowest BCUT2D eigenvalue weighted by atomic mass is 10.3. The van der Waals surface area contributed by atoms with E-state index in [1.54, 1.807) is 0 Å². The minimum absolute atomic E-state index is 0.0583. The van der Waals surface area contributed by atoms with Crippen LogP contribution in [0, 0.1) is 5.82 Å². The van der Waals surface area contributed by atoms with Crippen LogP contribution in [0.4, 0.5) is 16.2 Å². The van der Waals surface area contributed by atoms with Crippen molar-refractivity contribution in [3.63, 3.8) is 0 Å². The molecule has 106 valence electrons. The summed E-state index contributed by atoms with van der Waals surface area (Å²) in [5, 5.41) is 11.8. The first-order valence-electron chi connectivity index (χ1n) is 5.70. The van der Waals surface area contributed by atoms with Crippen LogP contribution in [0.15, 0.2) is 24.4 Å². The molecule has 0 fully saturated rings. The summed E-state index contributed by atoms with van der Waals surface area (Å²) < 4.78 is 18.5. The van der Waals surface area contributed by atoms with E-state index in [0.29, 0.717) is 5.82 Å². The van der Waals surface area contributed by atoms with Crippen molar-refractivity contribution < 1.29 is 14.2 Å². The predicted molar refractivity (Wildman–Crippen MR) is 73.5 cm³/mol. The summed E-state index contributed by atoms with van der Waals surface area (Å²) >= 11 is 5.88. The van der Waals surface area contributed by atoms with Crippen LogP contribution in [-0.4, -0.2) is 28.2 Å². The molecule has 0 saturated heterocycles. The van der Waals surface area contributed by atoms with Crippen LogP contribution >= 0.6 is 11.6 Å². The first kappa shape index (κ1) is 14.3. The molecule has 0 amide bonds. The van der Waals surface area contributed by atoms with Gasteiger partial charge in [0.2, 0.25) is 5.95 Å². The van der Waals surface area contributed by atoms with E-state index in [2.05, 4.69) is 15.3 Å². The Hall–Kier alpha value is -2.12. The molecule has 1 aromatic carbocycles. The number of rotatable bonds is 5. The van der Waals surface area contributed by atoms with Crippen LogP contribution in [0.1, 0.15) is 0 Å². The Morgan fingerprint density at radius 3 is 2.90 bits per heavy atom. The number of anilines is 2. The SMILES string of the molecule is Nc1ncc(Oc2ccc(F)cc2Cl)c(NCCO)n1. The fraction of sp³-hybridized carbons (Fsp3) is 0.167. The smallest absolute Gasteiger partial charge is 0.222 e. The van der Waals surface area contributed by atoms with E-state index in [0.717, 1.165) is 6.07 Å². The van der Waals surface area contributed by atoms with Gasteiger partial charge in [-0.1, -0.05) is 11.6 Å². The zero-order valence-corrected chi connectivity index (χ0v) is 11.1. The van der Waals surface area contributed by atoms with Gasteiger partial charge in [0.15, 0.2) is 11.6 Å². The van der Waals surface area contributed by atoms with Crippen molar-refractivity contribution >= 4 is 23.4 Å². The normalized spacial score (nSPS) is 10.3. The molecule has 0 aliphatic rings. The van der Waals surface area contributed by atoms with Crippen LogP contribution in [0.5, 0.6) is 11.5 Å². The van der Waals surface area contributed by atoms with Crippen molar-refractivity contribution in [2.24, 2.45) is 0 Å². The molecule has 6 nitrogen and oxygen atoms in total. The van der Waals surface area contributed by atoms with E-state index < -0.39 is 5.82 Å². The Morgan fingerprint density at radius 2 is 2.20 bits per heavy atom. The minimum Gasteiger partial charge on any atom is -0.450 e. The largest absolute Gasteiger partial charge is 0.450 e. The lowest BCUT2D eigenvalue weighted by molar-refractivity contribution is 0.310. The molecule has 1 aromatic heterocycles. The fourth-order valence-corrected chi connectivity index (χ4v) is 1.64. The number of nitrogens with two attached hydrogens (primary N) is 1. The van der Waals surface area contributed by atoms with E-state index in [-0.39, 0.29) is 35.6 Å². The van der Waals surface area contributed by atoms with Gasteiger partial charge >= 0.3 is 0 Å². The number of hydrogen-bond acceptors (Lipinski definition) is 6. The highest BCUT2D eigenvalue weighted by Crippen LogP contribution is 2.32. The Labute approximate surface area is 119 Å². The maximum atomic E-state index is 13.0. The van der Waals surface area contributed by atoms with Crippen molar-refractivity contribution in [3.05, 3.63) is 35.2 Å². The van der Waals surface area contributed by atoms with Gasteiger partial charge in [0.25, 0.3) is 0 Å². The summed E-state index contributed by atoms with van der Waals surface area (Å²) in [6, 6.07) is 3.75. The average Bonchev–Trinajstić information content (AvgIpc) is 2.41. The fourth-order valence-electron chi connectivity index (χ4n) is 1.44. The molecular weight excluding hydrogens is 287 g/mol. The number of aliphatic hydroxyl groups excluding tert-OH is 1. The quantitative estimate of drug-likeness (QED) is 0.782. The molecule has 20 heavy (non-hydrogen) atoms. The number of halogens is 2. The first-order chi connectivity index (χ1) is 9.60. The number of ether oxygens (including phenoxy) is 1. The van der Waals surface area contributed by atoms with E-state index in [1.807, 2.05) is 0 Å². The Morgan fingerprint density at radius 1 is 1.40 bits per heavy atom. The second-order valence-electron chi connectivity index (χ2n) is 3.77. The molecule has 0 bridgehead atoms. The van der Waals surface area contributed by atoms with E-state index in [4.69, 9.17) is 27.2 Å². The van der Waals surface area contributed by atoms with Gasteiger partial charge < -0.3 is 20.9 Å². The minimum atomic E-state index is -0.463. The summed E-state index contributed by atoms with van der Waals surface area (Å²) in [5.41, 5.74) is 5.49. The Balaban J connectivity index is 2.27. The number of nitrogens with zero attached hydrogens (tertiary/aromatic N) is 2. The van der Waals surface area contributed by atoms with Gasteiger partial charge in [-0.15, -0.1) is 0 Å². The molecule has 0 spiro atoms. The third-order valence-electron chi connectivity index (χ3n) is 2.29. The first-order valence-corrected chi connectivity index (χ1v) is 6.08. The molecule has 0 unspecified atom stereocenters. The molecule has 0 atom stereocenters. The van der Waals surface area contributed by atoms with Crippen molar-refractivity contribution in [2.75, 3.05) is 24.2 Å². The van der Waals surface area contributed by atoms with Crippen molar-refractivity contribution in [3.8, 4) is 11.5 Å². The molecule has 2 aromatic rings. The second kappa shape index (κ2) is 6.36. The van der Waals surface area contributed by atoms with Gasteiger partial charge in [-0.25, -0.2) is 9.37 Å². The van der Waals surface area contributed by atoms with Crippen LogP contribution in [0.25, 0.3) is 0 Å². The van der Waals surface area contributed by atoms with Gasteiger partial charge in [0.1, 0.15) is 11.6 Å². The number of benzene rings is 1. The average molecular weight is 299 g/mol. The number of nitrogen functional groups attached to an aromatic ring is 1. The summed E-state index contributed by atoms with van der Waals surface area (Å²) in [4.78, 5) is 7.77. The van der Waals surface area contributed by atoms with Crippen LogP contribution in [0.2, 0.25) is 5.02 Å². The molecule has 0 aliphatic carbocycles. The Kier molecular flexibility index (Phi) is 4.54. The highest BCUT2D eigenvalue weighted by Gasteiger charge is 2.11. The van der Waals surface area contributed by atoms with E-state index in [1.165, 1.54) is 18.3 Å². The number of aromatic nitrogens is 2. The van der Waals surface area contributed by atoms with Gasteiger partial charge in [-0.05, 0) is 18.2 Å². The van der Waals surface area contributed by atoms with Crippen molar-refractivity contribution in [1.82, 2.24) is 9.97 Å². The van der Waals surface area contributed by atoms with Gasteiger partial charge in [0, 0.05) is 6.54 Å². The highest BCUT2D eigenvalue weighted by atomic mass is 35.5. The molecule has 1 heterocycles. The number of aliphatic hydroxyl groups is 1. The molecule has 0 saturated carbocycles. The van der Waals surface area contributed by atoms with E-state index in [9.17, 15) is 4.39 Å². The standard InChI is InChI=1S/C12H12ClFN4O2/c13-8-5-7(14)1-2-9(8)20-10-6-17-12(15)18-11(10)16-3-4-19/h1-2,5-6,19H,3-4H2,(H3,15,16,17,18).